The summed E-state index contributed by atoms with van der Waals surface area (Å²) in [4.78, 5) is 24.5. The third-order valence-electron chi connectivity index (χ3n) is 5.63. The lowest BCUT2D eigenvalue weighted by Gasteiger charge is -2.15. The zero-order valence-electron chi connectivity index (χ0n) is 19.3. The zero-order valence-corrected chi connectivity index (χ0v) is 19.3. The van der Waals surface area contributed by atoms with Crippen molar-refractivity contribution in [3.05, 3.63) is 88.0 Å². The number of fused-ring (bicyclic) bond motifs is 1. The van der Waals surface area contributed by atoms with Crippen LogP contribution in [0, 0.1) is 41.8 Å². The highest BCUT2D eigenvalue weighted by molar-refractivity contribution is 6.04. The highest BCUT2D eigenvalue weighted by atomic mass is 19.2. The minimum atomic E-state index is -1.65. The molecule has 192 valence electrons. The highest BCUT2D eigenvalue weighted by Gasteiger charge is 2.32. The van der Waals surface area contributed by atoms with Gasteiger partial charge in [-0.3, -0.25) is 9.20 Å². The van der Waals surface area contributed by atoms with Gasteiger partial charge in [0, 0.05) is 17.3 Å². The average molecular weight is 522 g/mol. The van der Waals surface area contributed by atoms with E-state index in [2.05, 4.69) is 10.1 Å². The Morgan fingerprint density at radius 2 is 1.46 bits per heavy atom. The molecule has 2 aromatic carbocycles. The summed E-state index contributed by atoms with van der Waals surface area (Å²) in [5.74, 6) is -11.4. The van der Waals surface area contributed by atoms with E-state index in [4.69, 9.17) is 4.74 Å². The lowest BCUT2D eigenvalue weighted by atomic mass is 10.1. The Morgan fingerprint density at radius 1 is 0.838 bits per heavy atom. The molecule has 0 aliphatic carbocycles. The van der Waals surface area contributed by atoms with Crippen LogP contribution in [0.25, 0.3) is 16.8 Å². The van der Waals surface area contributed by atoms with Crippen molar-refractivity contribution in [2.24, 2.45) is 0 Å². The summed E-state index contributed by atoms with van der Waals surface area (Å²) in [5.41, 5.74) is -2.22. The number of rotatable bonds is 5. The van der Waals surface area contributed by atoms with E-state index in [1.807, 2.05) is 0 Å². The first-order chi connectivity index (χ1) is 17.5. The topological polar surface area (TPSA) is 69.0 Å². The maximum atomic E-state index is 15.1. The first kappa shape index (κ1) is 25.6. The van der Waals surface area contributed by atoms with E-state index in [1.54, 1.807) is 0 Å². The Labute approximate surface area is 205 Å². The summed E-state index contributed by atoms with van der Waals surface area (Å²) in [5, 5.41) is 2.31. The number of ether oxygens (including phenoxy) is 2. The Morgan fingerprint density at radius 3 is 2.05 bits per heavy atom. The van der Waals surface area contributed by atoms with Gasteiger partial charge in [-0.25, -0.2) is 31.1 Å². The number of aromatic nitrogens is 1. The number of esters is 1. The molecule has 2 aromatic heterocycles. The molecule has 2 heterocycles. The molecule has 0 aliphatic rings. The number of pyridine rings is 1. The lowest BCUT2D eigenvalue weighted by Crippen LogP contribution is -2.14. The van der Waals surface area contributed by atoms with E-state index in [1.165, 1.54) is 31.2 Å². The van der Waals surface area contributed by atoms with Crippen molar-refractivity contribution in [3.63, 3.8) is 0 Å². The molecule has 0 fully saturated rings. The molecule has 0 aliphatic heterocycles. The van der Waals surface area contributed by atoms with Crippen LogP contribution in [0.4, 0.5) is 32.0 Å². The largest absolute Gasteiger partial charge is 0.481 e. The van der Waals surface area contributed by atoms with Crippen LogP contribution >= 0.6 is 0 Å². The number of hydrogen-bond acceptors (Lipinski definition) is 4. The first-order valence-corrected chi connectivity index (χ1v) is 10.4. The number of halogens is 6. The van der Waals surface area contributed by atoms with Gasteiger partial charge >= 0.3 is 5.97 Å². The Hall–Kier alpha value is -4.48. The van der Waals surface area contributed by atoms with Crippen LogP contribution in [-0.2, 0) is 4.74 Å². The zero-order chi connectivity index (χ0) is 27.2. The summed E-state index contributed by atoms with van der Waals surface area (Å²) in [6.45, 7) is 1.30. The summed E-state index contributed by atoms with van der Waals surface area (Å²) >= 11 is 0. The van der Waals surface area contributed by atoms with Gasteiger partial charge in [-0.15, -0.1) is 0 Å². The van der Waals surface area contributed by atoms with Crippen molar-refractivity contribution in [1.29, 1.82) is 0 Å². The molecule has 0 atom stereocenters. The molecule has 6 nitrogen and oxygen atoms in total. The second-order valence-electron chi connectivity index (χ2n) is 7.75. The van der Waals surface area contributed by atoms with Crippen molar-refractivity contribution in [3.8, 4) is 17.1 Å². The monoisotopic (exact) mass is 522 g/mol. The van der Waals surface area contributed by atoms with E-state index in [0.717, 1.165) is 18.6 Å². The predicted molar refractivity (Wildman–Crippen MR) is 120 cm³/mol. The molecule has 0 saturated carbocycles. The maximum absolute atomic E-state index is 15.1. The van der Waals surface area contributed by atoms with Crippen molar-refractivity contribution in [2.75, 3.05) is 19.5 Å². The van der Waals surface area contributed by atoms with E-state index in [0.29, 0.717) is 6.07 Å². The molecule has 0 radical (unpaired) electrons. The van der Waals surface area contributed by atoms with Gasteiger partial charge in [-0.1, -0.05) is 12.1 Å². The van der Waals surface area contributed by atoms with Crippen LogP contribution in [0.5, 0.6) is 5.88 Å². The van der Waals surface area contributed by atoms with E-state index in [9.17, 15) is 31.5 Å². The fourth-order valence-electron chi connectivity index (χ4n) is 3.90. The maximum Gasteiger partial charge on any atom is 0.346 e. The van der Waals surface area contributed by atoms with Crippen LogP contribution in [0.2, 0.25) is 0 Å². The number of hydrogen-bond donors (Lipinski definition) is 1. The Balaban J connectivity index is 1.81. The lowest BCUT2D eigenvalue weighted by molar-refractivity contribution is 0.0588. The Kier molecular flexibility index (Phi) is 6.59. The predicted octanol–water partition coefficient (Wildman–Crippen LogP) is 5.80. The van der Waals surface area contributed by atoms with Crippen molar-refractivity contribution in [2.45, 2.75) is 6.92 Å². The molecular formula is C25H16F6N2O4. The number of carbonyl (C=O) groups is 2. The molecule has 0 unspecified atom stereocenters. The first-order valence-electron chi connectivity index (χ1n) is 10.4. The van der Waals surface area contributed by atoms with Crippen LogP contribution in [0.15, 0.2) is 36.4 Å². The van der Waals surface area contributed by atoms with Crippen molar-refractivity contribution >= 4 is 23.1 Å². The molecule has 37 heavy (non-hydrogen) atoms. The Bertz CT molecular complexity index is 1580. The molecule has 0 saturated heterocycles. The molecule has 1 amide bonds. The van der Waals surface area contributed by atoms with Crippen LogP contribution < -0.4 is 10.1 Å². The summed E-state index contributed by atoms with van der Waals surface area (Å²) in [6, 6.07) is 6.00. The van der Waals surface area contributed by atoms with Gasteiger partial charge in [0.05, 0.1) is 25.5 Å². The summed E-state index contributed by atoms with van der Waals surface area (Å²) in [6.07, 6.45) is 0. The minimum Gasteiger partial charge on any atom is -0.481 e. The standard InChI is InChI=1S/C25H16F6N2O4/c1-10-18(29)22-20(31)19(30)17(25(35)37-3)24(36-2)33(22)21(10)11-4-6-12(7-5-11)32-23(34)13-8-15(27)16(28)9-14(13)26/h4-9H,1-3H3,(H,32,34). The molecule has 1 N–H and O–H groups in total. The van der Waals surface area contributed by atoms with Gasteiger partial charge < -0.3 is 14.8 Å². The number of nitrogens with zero attached hydrogens (tertiary/aromatic N) is 1. The van der Waals surface area contributed by atoms with Crippen LogP contribution in [0.1, 0.15) is 26.3 Å². The smallest absolute Gasteiger partial charge is 0.346 e. The molecule has 12 heteroatoms. The second-order valence-corrected chi connectivity index (χ2v) is 7.75. The van der Waals surface area contributed by atoms with E-state index in [-0.39, 0.29) is 28.6 Å². The van der Waals surface area contributed by atoms with Gasteiger partial charge in [-0.05, 0) is 30.7 Å². The van der Waals surface area contributed by atoms with Gasteiger partial charge in [0.1, 0.15) is 11.3 Å². The highest BCUT2D eigenvalue weighted by Crippen LogP contribution is 2.39. The van der Waals surface area contributed by atoms with Crippen LogP contribution in [-0.4, -0.2) is 30.5 Å². The number of carbonyl (C=O) groups excluding carboxylic acids is 2. The minimum absolute atomic E-state index is 0.00192. The number of amides is 1. The van der Waals surface area contributed by atoms with Gasteiger partial charge in [-0.2, -0.15) is 0 Å². The van der Waals surface area contributed by atoms with Gasteiger partial charge in [0.15, 0.2) is 34.6 Å². The summed E-state index contributed by atoms with van der Waals surface area (Å²) < 4.78 is 95.6. The third-order valence-corrected chi connectivity index (χ3v) is 5.63. The van der Waals surface area contributed by atoms with E-state index >= 15 is 4.39 Å². The SMILES string of the molecule is COC(=O)c1c(F)c(F)c2c(F)c(C)c(-c3ccc(NC(=O)c4cc(F)c(F)cc4F)cc3)n2c1OC. The third kappa shape index (κ3) is 4.13. The number of nitrogens with one attached hydrogen (secondary N) is 1. The van der Waals surface area contributed by atoms with E-state index < -0.39 is 69.3 Å². The molecule has 0 bridgehead atoms. The average Bonchev–Trinajstić information content (AvgIpc) is 3.13. The van der Waals surface area contributed by atoms with Crippen LogP contribution in [0.3, 0.4) is 0 Å². The van der Waals surface area contributed by atoms with Crippen molar-refractivity contribution in [1.82, 2.24) is 4.40 Å². The normalized spacial score (nSPS) is 11.1. The number of methoxy groups -OCH3 is 2. The fraction of sp³-hybridized carbons (Fsp3) is 0.120. The molecular weight excluding hydrogens is 506 g/mol. The van der Waals surface area contributed by atoms with Crippen molar-refractivity contribution < 1.29 is 45.4 Å². The second kappa shape index (κ2) is 9.52. The summed E-state index contributed by atoms with van der Waals surface area (Å²) in [7, 11) is 2.02. The van der Waals surface area contributed by atoms with Gasteiger partial charge in [0.2, 0.25) is 5.88 Å². The molecule has 4 rings (SSSR count). The quantitative estimate of drug-likeness (QED) is 0.205. The molecule has 0 spiro atoms. The fourth-order valence-corrected chi connectivity index (χ4v) is 3.90. The van der Waals surface area contributed by atoms with Gasteiger partial charge in [0.25, 0.3) is 5.91 Å². The number of anilines is 1. The molecule has 4 aromatic rings. The number of benzene rings is 2.